The van der Waals surface area contributed by atoms with Crippen LogP contribution in [0.5, 0.6) is 0 Å². The van der Waals surface area contributed by atoms with Crippen LogP contribution in [0.2, 0.25) is 0 Å². The zero-order valence-corrected chi connectivity index (χ0v) is 9.14. The summed E-state index contributed by atoms with van der Waals surface area (Å²) in [6, 6.07) is 6.68. The lowest BCUT2D eigenvalue weighted by atomic mass is 9.87. The second kappa shape index (κ2) is 4.14. The molecular formula is C13H19N. The summed E-state index contributed by atoms with van der Waals surface area (Å²) in [5.74, 6) is 0.739. The van der Waals surface area contributed by atoms with Crippen molar-refractivity contribution in [3.63, 3.8) is 0 Å². The molecule has 1 heterocycles. The van der Waals surface area contributed by atoms with Crippen LogP contribution in [0.25, 0.3) is 0 Å². The molecule has 0 aromatic heterocycles. The van der Waals surface area contributed by atoms with Crippen molar-refractivity contribution in [2.75, 3.05) is 13.1 Å². The van der Waals surface area contributed by atoms with Crippen molar-refractivity contribution in [3.05, 3.63) is 34.9 Å². The molecule has 0 radical (unpaired) electrons. The lowest BCUT2D eigenvalue weighted by Gasteiger charge is -2.25. The van der Waals surface area contributed by atoms with E-state index in [-0.39, 0.29) is 0 Å². The molecule has 0 bridgehead atoms. The Labute approximate surface area is 86.5 Å². The Bertz CT molecular complexity index is 311. The first-order chi connectivity index (χ1) is 6.79. The van der Waals surface area contributed by atoms with E-state index in [1.165, 1.54) is 30.5 Å². The quantitative estimate of drug-likeness (QED) is 0.716. The highest BCUT2D eigenvalue weighted by Crippen LogP contribution is 2.27. The van der Waals surface area contributed by atoms with Gasteiger partial charge in [0.1, 0.15) is 0 Å². The normalized spacial score (nSPS) is 22.3. The maximum Gasteiger partial charge on any atom is 0.00202 e. The summed E-state index contributed by atoms with van der Waals surface area (Å²) >= 11 is 0. The van der Waals surface area contributed by atoms with E-state index in [1.807, 2.05) is 0 Å². The van der Waals surface area contributed by atoms with Gasteiger partial charge in [0, 0.05) is 6.54 Å². The lowest BCUT2D eigenvalue weighted by molar-refractivity contribution is 0.460. The van der Waals surface area contributed by atoms with Crippen LogP contribution in [0.1, 0.15) is 35.4 Å². The van der Waals surface area contributed by atoms with Crippen LogP contribution in [-0.4, -0.2) is 13.1 Å². The van der Waals surface area contributed by atoms with Crippen LogP contribution >= 0.6 is 0 Å². The summed E-state index contributed by atoms with van der Waals surface area (Å²) in [4.78, 5) is 0. The molecule has 1 aliphatic rings. The van der Waals surface area contributed by atoms with Crippen LogP contribution in [0.3, 0.4) is 0 Å². The number of nitrogens with one attached hydrogen (secondary N) is 1. The molecule has 1 N–H and O–H groups in total. The van der Waals surface area contributed by atoms with Crippen molar-refractivity contribution in [1.29, 1.82) is 0 Å². The predicted molar refractivity (Wildman–Crippen MR) is 60.8 cm³/mol. The van der Waals surface area contributed by atoms with E-state index >= 15 is 0 Å². The van der Waals surface area contributed by atoms with Gasteiger partial charge in [-0.25, -0.2) is 0 Å². The Kier molecular flexibility index (Phi) is 2.87. The van der Waals surface area contributed by atoms with E-state index < -0.39 is 0 Å². The first-order valence-corrected chi connectivity index (χ1v) is 5.56. The summed E-state index contributed by atoms with van der Waals surface area (Å²) in [6.45, 7) is 6.81. The number of hydrogen-bond acceptors (Lipinski definition) is 1. The molecule has 1 unspecified atom stereocenters. The molecule has 1 fully saturated rings. The summed E-state index contributed by atoms with van der Waals surface area (Å²) in [6.07, 6.45) is 2.66. The Hall–Kier alpha value is -0.820. The first kappa shape index (κ1) is 9.72. The van der Waals surface area contributed by atoms with Crippen LogP contribution in [0, 0.1) is 13.8 Å². The maximum absolute atomic E-state index is 3.48. The third-order valence-corrected chi connectivity index (χ3v) is 3.38. The van der Waals surface area contributed by atoms with Crippen molar-refractivity contribution in [2.24, 2.45) is 0 Å². The molecule has 1 nitrogen and oxygen atoms in total. The van der Waals surface area contributed by atoms with Gasteiger partial charge >= 0.3 is 0 Å². The Morgan fingerprint density at radius 3 is 2.86 bits per heavy atom. The van der Waals surface area contributed by atoms with Gasteiger partial charge in [0.05, 0.1) is 0 Å². The molecule has 1 saturated heterocycles. The summed E-state index contributed by atoms with van der Waals surface area (Å²) in [7, 11) is 0. The number of piperidine rings is 1. The minimum absolute atomic E-state index is 0.739. The smallest absolute Gasteiger partial charge is 0.00202 e. The van der Waals surface area contributed by atoms with Crippen LogP contribution < -0.4 is 5.32 Å². The van der Waals surface area contributed by atoms with Gasteiger partial charge < -0.3 is 5.32 Å². The molecule has 0 spiro atoms. The van der Waals surface area contributed by atoms with Gasteiger partial charge in [-0.2, -0.15) is 0 Å². The standard InChI is InChI=1S/C13H19N/c1-10-5-3-7-13(11(10)2)12-6-4-8-14-9-12/h3,5,7,12,14H,4,6,8-9H2,1-2H3. The number of hydrogen-bond donors (Lipinski definition) is 1. The number of benzene rings is 1. The van der Waals surface area contributed by atoms with E-state index in [0.717, 1.165) is 12.5 Å². The highest BCUT2D eigenvalue weighted by molar-refractivity contribution is 5.36. The van der Waals surface area contributed by atoms with E-state index in [4.69, 9.17) is 0 Å². The fraction of sp³-hybridized carbons (Fsp3) is 0.538. The number of rotatable bonds is 1. The minimum Gasteiger partial charge on any atom is -0.316 e. The molecular weight excluding hydrogens is 170 g/mol. The summed E-state index contributed by atoms with van der Waals surface area (Å²) in [5, 5.41) is 3.48. The second-order valence-electron chi connectivity index (χ2n) is 4.33. The second-order valence-corrected chi connectivity index (χ2v) is 4.33. The predicted octanol–water partition coefficient (Wildman–Crippen LogP) is 2.77. The number of aryl methyl sites for hydroxylation is 1. The van der Waals surface area contributed by atoms with Gasteiger partial charge in [0.2, 0.25) is 0 Å². The van der Waals surface area contributed by atoms with E-state index in [2.05, 4.69) is 37.4 Å². The molecule has 0 saturated carbocycles. The van der Waals surface area contributed by atoms with E-state index in [9.17, 15) is 0 Å². The molecule has 0 amide bonds. The van der Waals surface area contributed by atoms with Gasteiger partial charge in [-0.15, -0.1) is 0 Å². The lowest BCUT2D eigenvalue weighted by Crippen LogP contribution is -2.28. The van der Waals surface area contributed by atoms with Gasteiger partial charge in [-0.3, -0.25) is 0 Å². The van der Waals surface area contributed by atoms with Crippen molar-refractivity contribution in [2.45, 2.75) is 32.6 Å². The Morgan fingerprint density at radius 1 is 1.29 bits per heavy atom. The zero-order chi connectivity index (χ0) is 9.97. The SMILES string of the molecule is Cc1cccc(C2CCCNC2)c1C. The molecule has 0 aliphatic carbocycles. The molecule has 14 heavy (non-hydrogen) atoms. The third-order valence-electron chi connectivity index (χ3n) is 3.38. The molecule has 76 valence electrons. The van der Waals surface area contributed by atoms with Gasteiger partial charge in [0.15, 0.2) is 0 Å². The minimum atomic E-state index is 0.739. The van der Waals surface area contributed by atoms with E-state index in [1.54, 1.807) is 5.56 Å². The largest absolute Gasteiger partial charge is 0.316 e. The molecule has 2 rings (SSSR count). The maximum atomic E-state index is 3.48. The fourth-order valence-electron chi connectivity index (χ4n) is 2.33. The third kappa shape index (κ3) is 1.83. The highest BCUT2D eigenvalue weighted by atomic mass is 14.9. The molecule has 1 aromatic carbocycles. The zero-order valence-electron chi connectivity index (χ0n) is 9.14. The summed E-state index contributed by atoms with van der Waals surface area (Å²) in [5.41, 5.74) is 4.46. The van der Waals surface area contributed by atoms with Gasteiger partial charge in [0.25, 0.3) is 0 Å². The van der Waals surface area contributed by atoms with Crippen molar-refractivity contribution in [3.8, 4) is 0 Å². The molecule has 1 aromatic rings. The van der Waals surface area contributed by atoms with Crippen LogP contribution in [0.4, 0.5) is 0 Å². The van der Waals surface area contributed by atoms with Crippen molar-refractivity contribution < 1.29 is 0 Å². The summed E-state index contributed by atoms with van der Waals surface area (Å²) < 4.78 is 0. The van der Waals surface area contributed by atoms with Crippen LogP contribution in [-0.2, 0) is 0 Å². The van der Waals surface area contributed by atoms with Crippen molar-refractivity contribution >= 4 is 0 Å². The van der Waals surface area contributed by atoms with Gasteiger partial charge in [-0.1, -0.05) is 18.2 Å². The van der Waals surface area contributed by atoms with Gasteiger partial charge in [-0.05, 0) is 55.8 Å². The Balaban J connectivity index is 2.26. The van der Waals surface area contributed by atoms with Crippen molar-refractivity contribution in [1.82, 2.24) is 5.32 Å². The molecule has 1 heteroatoms. The Morgan fingerprint density at radius 2 is 2.14 bits per heavy atom. The van der Waals surface area contributed by atoms with E-state index in [0.29, 0.717) is 0 Å². The topological polar surface area (TPSA) is 12.0 Å². The monoisotopic (exact) mass is 189 g/mol. The highest BCUT2D eigenvalue weighted by Gasteiger charge is 2.16. The first-order valence-electron chi connectivity index (χ1n) is 5.56. The average Bonchev–Trinajstić information content (AvgIpc) is 2.23. The van der Waals surface area contributed by atoms with Crippen LogP contribution in [0.15, 0.2) is 18.2 Å². The average molecular weight is 189 g/mol. The fourth-order valence-corrected chi connectivity index (χ4v) is 2.33. The molecule has 1 atom stereocenters. The molecule has 1 aliphatic heterocycles.